The SMILES string of the molecule is OC[C@H]1O[C@@H](OC[C@H]2O[C@@H](OCCc3ccccc3)[C@H](O[C@@H]3O[C@H](CO)[C@@H](O)[C@H](O)[C@H]3O)[C@@H](O)[C@@H]2O)[C@H](O)[C@@H](O)[C@@H]1O. The lowest BCUT2D eigenvalue weighted by Crippen LogP contribution is -2.65. The molecule has 1 aromatic rings. The highest BCUT2D eigenvalue weighted by molar-refractivity contribution is 5.14. The molecular formula is C26H40O16. The second kappa shape index (κ2) is 15.0. The van der Waals surface area contributed by atoms with Crippen molar-refractivity contribution in [3.63, 3.8) is 0 Å². The first-order valence-corrected chi connectivity index (χ1v) is 13.6. The number of rotatable bonds is 11. The number of benzene rings is 1. The predicted molar refractivity (Wildman–Crippen MR) is 135 cm³/mol. The molecule has 15 atom stereocenters. The molecule has 0 aromatic heterocycles. The maximum absolute atomic E-state index is 11.0. The third kappa shape index (κ3) is 7.44. The molecule has 0 bridgehead atoms. The van der Waals surface area contributed by atoms with Crippen molar-refractivity contribution in [1.29, 1.82) is 0 Å². The molecule has 16 heteroatoms. The van der Waals surface area contributed by atoms with Crippen molar-refractivity contribution < 1.29 is 79.5 Å². The molecule has 0 spiro atoms. The summed E-state index contributed by atoms with van der Waals surface area (Å²) in [4.78, 5) is 0. The Balaban J connectivity index is 1.46. The van der Waals surface area contributed by atoms with Gasteiger partial charge in [0.1, 0.15) is 73.2 Å². The number of aliphatic hydroxyl groups excluding tert-OH is 10. The summed E-state index contributed by atoms with van der Waals surface area (Å²) in [6.45, 7) is -1.87. The smallest absolute Gasteiger partial charge is 0.187 e. The third-order valence-electron chi connectivity index (χ3n) is 7.57. The maximum Gasteiger partial charge on any atom is 0.187 e. The van der Waals surface area contributed by atoms with Gasteiger partial charge < -0.3 is 79.5 Å². The minimum atomic E-state index is -1.80. The molecule has 3 saturated heterocycles. The Morgan fingerprint density at radius 3 is 1.67 bits per heavy atom. The molecule has 3 aliphatic rings. The van der Waals surface area contributed by atoms with Gasteiger partial charge in [0.05, 0.1) is 26.4 Å². The molecule has 16 nitrogen and oxygen atoms in total. The molecule has 3 aliphatic heterocycles. The van der Waals surface area contributed by atoms with Crippen LogP contribution in [0.4, 0.5) is 0 Å². The number of hydrogen-bond acceptors (Lipinski definition) is 16. The van der Waals surface area contributed by atoms with Crippen LogP contribution >= 0.6 is 0 Å². The lowest BCUT2D eigenvalue weighted by Gasteiger charge is -2.46. The van der Waals surface area contributed by atoms with Crippen LogP contribution in [0.2, 0.25) is 0 Å². The zero-order valence-corrected chi connectivity index (χ0v) is 22.5. The van der Waals surface area contributed by atoms with E-state index in [1.54, 1.807) is 0 Å². The summed E-state index contributed by atoms with van der Waals surface area (Å²) < 4.78 is 33.5. The maximum atomic E-state index is 11.0. The second-order valence-corrected chi connectivity index (χ2v) is 10.5. The lowest BCUT2D eigenvalue weighted by molar-refractivity contribution is -0.372. The number of aliphatic hydroxyl groups is 10. The van der Waals surface area contributed by atoms with Crippen LogP contribution in [-0.2, 0) is 34.8 Å². The summed E-state index contributed by atoms with van der Waals surface area (Å²) >= 11 is 0. The average molecular weight is 609 g/mol. The lowest BCUT2D eigenvalue weighted by atomic mass is 9.97. The Morgan fingerprint density at radius 1 is 0.548 bits per heavy atom. The van der Waals surface area contributed by atoms with Crippen molar-refractivity contribution >= 4 is 0 Å². The van der Waals surface area contributed by atoms with E-state index in [9.17, 15) is 51.1 Å². The third-order valence-corrected chi connectivity index (χ3v) is 7.57. The molecule has 4 rings (SSSR count). The van der Waals surface area contributed by atoms with Crippen molar-refractivity contribution in [2.75, 3.05) is 26.4 Å². The highest BCUT2D eigenvalue weighted by Gasteiger charge is 2.52. The van der Waals surface area contributed by atoms with Crippen molar-refractivity contribution in [1.82, 2.24) is 0 Å². The van der Waals surface area contributed by atoms with Crippen LogP contribution in [0, 0.1) is 0 Å². The van der Waals surface area contributed by atoms with Gasteiger partial charge in [-0.2, -0.15) is 0 Å². The van der Waals surface area contributed by atoms with Gasteiger partial charge in [-0.3, -0.25) is 0 Å². The minimum absolute atomic E-state index is 0.0479. The fraction of sp³-hybridized carbons (Fsp3) is 0.769. The van der Waals surface area contributed by atoms with Gasteiger partial charge in [-0.1, -0.05) is 30.3 Å². The van der Waals surface area contributed by atoms with Gasteiger partial charge in [-0.15, -0.1) is 0 Å². The Hall–Kier alpha value is -1.42. The normalized spacial score (nSPS) is 44.7. The summed E-state index contributed by atoms with van der Waals surface area (Å²) in [7, 11) is 0. The van der Waals surface area contributed by atoms with Gasteiger partial charge >= 0.3 is 0 Å². The van der Waals surface area contributed by atoms with Gasteiger partial charge in [0.2, 0.25) is 0 Å². The topological polar surface area (TPSA) is 258 Å². The molecule has 42 heavy (non-hydrogen) atoms. The summed E-state index contributed by atoms with van der Waals surface area (Å²) in [5.41, 5.74) is 0.919. The second-order valence-electron chi connectivity index (χ2n) is 10.5. The highest BCUT2D eigenvalue weighted by Crippen LogP contribution is 2.31. The molecule has 3 fully saturated rings. The fourth-order valence-corrected chi connectivity index (χ4v) is 4.99. The van der Waals surface area contributed by atoms with Crippen molar-refractivity contribution in [2.24, 2.45) is 0 Å². The molecular weight excluding hydrogens is 568 g/mol. The first-order valence-electron chi connectivity index (χ1n) is 13.6. The molecule has 1 aromatic carbocycles. The minimum Gasteiger partial charge on any atom is -0.394 e. The van der Waals surface area contributed by atoms with Crippen molar-refractivity contribution in [2.45, 2.75) is 98.5 Å². The van der Waals surface area contributed by atoms with E-state index in [2.05, 4.69) is 0 Å². The first kappa shape index (κ1) is 33.5. The van der Waals surface area contributed by atoms with Crippen LogP contribution in [-0.4, -0.2) is 170 Å². The zero-order chi connectivity index (χ0) is 30.6. The van der Waals surface area contributed by atoms with E-state index in [-0.39, 0.29) is 6.61 Å². The van der Waals surface area contributed by atoms with E-state index in [0.29, 0.717) is 6.42 Å². The molecule has 0 saturated carbocycles. The first-order chi connectivity index (χ1) is 20.1. The number of hydrogen-bond donors (Lipinski definition) is 10. The van der Waals surface area contributed by atoms with E-state index >= 15 is 0 Å². The van der Waals surface area contributed by atoms with Crippen molar-refractivity contribution in [3.8, 4) is 0 Å². The summed E-state index contributed by atoms with van der Waals surface area (Å²) in [6, 6.07) is 9.25. The van der Waals surface area contributed by atoms with Gasteiger partial charge in [0.25, 0.3) is 0 Å². The standard InChI is InChI=1S/C26H40O16/c27-8-12-15(29)18(32)21(35)24(39-12)38-10-14-17(31)20(34)23(26(41-14)37-7-6-11-4-2-1-3-5-11)42-25-22(36)19(33)16(30)13(9-28)40-25/h1-5,12-36H,6-10H2/t12-,13-,14-,15-,16-,17-,18+,19+,20+,21-,22-,23-,24-,25+,26-/m1/s1. The van der Waals surface area contributed by atoms with E-state index < -0.39 is 112 Å². The molecule has 0 aliphatic carbocycles. The van der Waals surface area contributed by atoms with Crippen molar-refractivity contribution in [3.05, 3.63) is 35.9 Å². The summed E-state index contributed by atoms with van der Waals surface area (Å²) in [6.07, 6.45) is -23.3. The fourth-order valence-electron chi connectivity index (χ4n) is 4.99. The van der Waals surface area contributed by atoms with Crippen LogP contribution in [0.1, 0.15) is 5.56 Å². The quantitative estimate of drug-likeness (QED) is 0.112. The van der Waals surface area contributed by atoms with Crippen LogP contribution in [0.5, 0.6) is 0 Å². The largest absolute Gasteiger partial charge is 0.394 e. The van der Waals surface area contributed by atoms with Crippen LogP contribution in [0.15, 0.2) is 30.3 Å². The molecule has 0 amide bonds. The van der Waals surface area contributed by atoms with E-state index in [1.807, 2.05) is 30.3 Å². The molecule has 0 radical (unpaired) electrons. The Labute approximate surface area is 240 Å². The van der Waals surface area contributed by atoms with Crippen LogP contribution in [0.3, 0.4) is 0 Å². The molecule has 240 valence electrons. The van der Waals surface area contributed by atoms with Crippen LogP contribution in [0.25, 0.3) is 0 Å². The molecule has 3 heterocycles. The monoisotopic (exact) mass is 608 g/mol. The molecule has 10 N–H and O–H groups in total. The summed E-state index contributed by atoms with van der Waals surface area (Å²) in [5.74, 6) is 0. The highest BCUT2D eigenvalue weighted by atomic mass is 16.8. The van der Waals surface area contributed by atoms with Gasteiger partial charge in [-0.05, 0) is 12.0 Å². The van der Waals surface area contributed by atoms with Gasteiger partial charge in [-0.25, -0.2) is 0 Å². The average Bonchev–Trinajstić information content (AvgIpc) is 3.00. The van der Waals surface area contributed by atoms with Crippen LogP contribution < -0.4 is 0 Å². The summed E-state index contributed by atoms with van der Waals surface area (Å²) in [5, 5.41) is 102. The van der Waals surface area contributed by atoms with E-state index in [1.165, 1.54) is 0 Å². The van der Waals surface area contributed by atoms with Gasteiger partial charge in [0.15, 0.2) is 18.9 Å². The van der Waals surface area contributed by atoms with Gasteiger partial charge in [0, 0.05) is 0 Å². The predicted octanol–water partition coefficient (Wildman–Crippen LogP) is -5.31. The Kier molecular flexibility index (Phi) is 12.0. The van der Waals surface area contributed by atoms with E-state index in [0.717, 1.165) is 5.56 Å². The zero-order valence-electron chi connectivity index (χ0n) is 22.5. The molecule has 0 unspecified atom stereocenters. The van der Waals surface area contributed by atoms with E-state index in [4.69, 9.17) is 28.4 Å². The Morgan fingerprint density at radius 2 is 1.07 bits per heavy atom. The Bertz CT molecular complexity index is 936. The number of ether oxygens (including phenoxy) is 6.